The molecule has 2 atom stereocenters. The molecule has 0 spiro atoms. The Hall–Kier alpha value is -3.63. The highest BCUT2D eigenvalue weighted by molar-refractivity contribution is 5.88. The zero-order valence-corrected chi connectivity index (χ0v) is 25.3. The minimum Gasteiger partial charge on any atom is -0.497 e. The van der Waals surface area contributed by atoms with Crippen LogP contribution in [0.25, 0.3) is 0 Å². The first-order chi connectivity index (χ1) is 20.1. The Morgan fingerprint density at radius 3 is 2.21 bits per heavy atom. The fourth-order valence-corrected chi connectivity index (χ4v) is 4.43. The summed E-state index contributed by atoms with van der Waals surface area (Å²) in [4.78, 5) is 37.6. The maximum atomic E-state index is 13.2. The predicted molar refractivity (Wildman–Crippen MR) is 161 cm³/mol. The first kappa shape index (κ1) is 34.6. The largest absolute Gasteiger partial charge is 0.497 e. The van der Waals surface area contributed by atoms with E-state index in [1.807, 2.05) is 24.3 Å². The van der Waals surface area contributed by atoms with Crippen molar-refractivity contribution in [3.05, 3.63) is 59.2 Å². The third-order valence-electron chi connectivity index (χ3n) is 7.09. The second-order valence-electron chi connectivity index (χ2n) is 10.5. The molecular formula is C32H46N2O8. The Kier molecular flexibility index (Phi) is 15.4. The van der Waals surface area contributed by atoms with Crippen molar-refractivity contribution < 1.29 is 38.8 Å². The topological polar surface area (TPSA) is 135 Å². The summed E-state index contributed by atoms with van der Waals surface area (Å²) in [5.74, 6) is -2.51. The van der Waals surface area contributed by atoms with E-state index in [4.69, 9.17) is 19.3 Å². The lowest BCUT2D eigenvalue weighted by atomic mass is 10.0. The molecule has 2 aromatic rings. The summed E-state index contributed by atoms with van der Waals surface area (Å²) >= 11 is 0. The minimum absolute atomic E-state index is 0.161. The van der Waals surface area contributed by atoms with Gasteiger partial charge in [0.2, 0.25) is 0 Å². The maximum Gasteiger partial charge on any atom is 0.336 e. The first-order valence-corrected chi connectivity index (χ1v) is 14.5. The number of aryl methyl sites for hydroxylation is 3. The van der Waals surface area contributed by atoms with Crippen LogP contribution in [0.2, 0.25) is 0 Å². The molecule has 0 radical (unpaired) electrons. The predicted octanol–water partition coefficient (Wildman–Crippen LogP) is 4.71. The number of carbonyl (C=O) groups is 3. The lowest BCUT2D eigenvalue weighted by molar-refractivity contribution is -0.175. The number of unbranched alkanes of at least 4 members (excludes halogenated alkanes) is 4. The van der Waals surface area contributed by atoms with Gasteiger partial charge < -0.3 is 34.6 Å². The molecule has 1 amide bonds. The summed E-state index contributed by atoms with van der Waals surface area (Å²) in [6.45, 7) is 4.66. The van der Waals surface area contributed by atoms with E-state index in [2.05, 4.69) is 37.4 Å². The number of carboxylic acids is 2. The summed E-state index contributed by atoms with van der Waals surface area (Å²) in [6.07, 6.45) is 2.60. The number of amides is 1. The molecule has 3 N–H and O–H groups in total. The third-order valence-corrected chi connectivity index (χ3v) is 7.09. The quantitative estimate of drug-likeness (QED) is 0.178. The monoisotopic (exact) mass is 586 g/mol. The Morgan fingerprint density at radius 2 is 1.57 bits per heavy atom. The molecular weight excluding hydrogens is 540 g/mol. The summed E-state index contributed by atoms with van der Waals surface area (Å²) in [5.41, 5.74) is 4.77. The molecule has 2 rings (SSSR count). The van der Waals surface area contributed by atoms with Gasteiger partial charge in [0.15, 0.2) is 12.2 Å². The van der Waals surface area contributed by atoms with Gasteiger partial charge in [-0.2, -0.15) is 0 Å². The minimum atomic E-state index is -1.72. The Labute approximate surface area is 249 Å². The van der Waals surface area contributed by atoms with E-state index in [0.29, 0.717) is 19.4 Å². The molecule has 0 aliphatic rings. The van der Waals surface area contributed by atoms with Gasteiger partial charge in [0, 0.05) is 32.4 Å². The number of methoxy groups -OCH3 is 1. The second-order valence-corrected chi connectivity index (χ2v) is 10.5. The lowest BCUT2D eigenvalue weighted by Gasteiger charge is -2.27. The number of carboxylic acid groups (broad SMARTS) is 2. The summed E-state index contributed by atoms with van der Waals surface area (Å²) in [7, 11) is 3.22. The number of rotatable bonds is 21. The van der Waals surface area contributed by atoms with Crippen molar-refractivity contribution in [1.82, 2.24) is 4.90 Å². The van der Waals surface area contributed by atoms with Gasteiger partial charge in [-0.3, -0.25) is 4.79 Å². The molecule has 0 heterocycles. The van der Waals surface area contributed by atoms with Crippen molar-refractivity contribution in [1.29, 1.82) is 0 Å². The zero-order chi connectivity index (χ0) is 30.9. The summed E-state index contributed by atoms with van der Waals surface area (Å²) in [5, 5.41) is 22.0. The number of aliphatic carboxylic acids is 2. The highest BCUT2D eigenvalue weighted by Crippen LogP contribution is 2.16. The number of benzene rings is 2. The van der Waals surface area contributed by atoms with E-state index in [1.165, 1.54) is 21.6 Å². The van der Waals surface area contributed by atoms with Crippen molar-refractivity contribution in [2.24, 2.45) is 0 Å². The Morgan fingerprint density at radius 1 is 0.857 bits per heavy atom. The summed E-state index contributed by atoms with van der Waals surface area (Å²) in [6, 6.07) is 14.1. The SMILES string of the molecule is COc1ccc(NCCCCCN(C)C(=O)[C@H](OCCCCCc2ccc(C)c(C)c2)[C@@H](OCC(=O)O)C(=O)O)cc1. The number of nitrogens with one attached hydrogen (secondary N) is 1. The van der Waals surface area contributed by atoms with Crippen LogP contribution in [0.5, 0.6) is 5.75 Å². The fraction of sp³-hybridized carbons (Fsp3) is 0.531. The molecule has 0 fully saturated rings. The molecule has 0 unspecified atom stereocenters. The number of nitrogens with zero attached hydrogens (tertiary/aromatic N) is 1. The van der Waals surface area contributed by atoms with E-state index in [9.17, 15) is 19.5 Å². The summed E-state index contributed by atoms with van der Waals surface area (Å²) < 4.78 is 16.0. The van der Waals surface area contributed by atoms with Crippen LogP contribution in [0, 0.1) is 13.8 Å². The van der Waals surface area contributed by atoms with Crippen LogP contribution in [-0.2, 0) is 30.3 Å². The van der Waals surface area contributed by atoms with Gasteiger partial charge in [-0.1, -0.05) is 24.6 Å². The second kappa shape index (κ2) is 18.7. The molecule has 0 saturated heterocycles. The zero-order valence-electron chi connectivity index (χ0n) is 25.3. The molecule has 10 nitrogen and oxygen atoms in total. The molecule has 2 aromatic carbocycles. The lowest BCUT2D eigenvalue weighted by Crippen LogP contribution is -2.50. The molecule has 10 heteroatoms. The molecule has 0 aliphatic heterocycles. The van der Waals surface area contributed by atoms with Gasteiger partial charge in [0.05, 0.1) is 7.11 Å². The number of ether oxygens (including phenoxy) is 3. The maximum absolute atomic E-state index is 13.2. The van der Waals surface area contributed by atoms with Gasteiger partial charge in [-0.25, -0.2) is 9.59 Å². The Balaban J connectivity index is 1.82. The smallest absolute Gasteiger partial charge is 0.336 e. The number of anilines is 1. The van der Waals surface area contributed by atoms with E-state index in [-0.39, 0.29) is 6.61 Å². The Bertz CT molecular complexity index is 1120. The van der Waals surface area contributed by atoms with Gasteiger partial charge in [-0.15, -0.1) is 0 Å². The van der Waals surface area contributed by atoms with Gasteiger partial charge in [-0.05, 0) is 93.3 Å². The van der Waals surface area contributed by atoms with Crippen LogP contribution in [-0.4, -0.2) is 85.6 Å². The van der Waals surface area contributed by atoms with Crippen molar-refractivity contribution in [2.45, 2.75) is 71.0 Å². The average molecular weight is 587 g/mol. The van der Waals surface area contributed by atoms with Gasteiger partial charge in [0.1, 0.15) is 12.4 Å². The standard InChI is InChI=1S/C32H46N2O8/c1-23-12-13-25(21-24(23)2)11-7-5-10-20-41-29(30(32(38)39)42-22-28(35)36)31(37)34(3)19-9-6-8-18-33-26-14-16-27(40-4)17-15-26/h12-17,21,29-30,33H,5-11,18-20,22H2,1-4H3,(H,35,36)(H,38,39)/t29-,30-/m1/s1. The normalized spacial score (nSPS) is 12.4. The molecule has 0 aromatic heterocycles. The van der Waals surface area contributed by atoms with Crippen molar-refractivity contribution in [3.8, 4) is 5.75 Å². The van der Waals surface area contributed by atoms with Crippen molar-refractivity contribution in [3.63, 3.8) is 0 Å². The molecule has 0 bridgehead atoms. The number of carbonyl (C=O) groups excluding carboxylic acids is 1. The van der Waals surface area contributed by atoms with Crippen LogP contribution in [0.3, 0.4) is 0 Å². The van der Waals surface area contributed by atoms with Crippen molar-refractivity contribution in [2.75, 3.05) is 45.8 Å². The average Bonchev–Trinajstić information content (AvgIpc) is 2.96. The number of likely N-dealkylation sites (N-methyl/N-ethyl adjacent to an activating group) is 1. The van der Waals surface area contributed by atoms with E-state index in [0.717, 1.165) is 50.1 Å². The highest BCUT2D eigenvalue weighted by Gasteiger charge is 2.37. The van der Waals surface area contributed by atoms with Gasteiger partial charge in [0.25, 0.3) is 5.91 Å². The number of hydrogen-bond acceptors (Lipinski definition) is 7. The van der Waals surface area contributed by atoms with Crippen LogP contribution in [0.1, 0.15) is 55.2 Å². The fourth-order valence-electron chi connectivity index (χ4n) is 4.43. The van der Waals surface area contributed by atoms with E-state index >= 15 is 0 Å². The van der Waals surface area contributed by atoms with Crippen LogP contribution >= 0.6 is 0 Å². The van der Waals surface area contributed by atoms with Crippen LogP contribution < -0.4 is 10.1 Å². The van der Waals surface area contributed by atoms with Crippen LogP contribution in [0.4, 0.5) is 5.69 Å². The number of hydrogen-bond donors (Lipinski definition) is 3. The third kappa shape index (κ3) is 12.5. The van der Waals surface area contributed by atoms with Crippen molar-refractivity contribution >= 4 is 23.5 Å². The van der Waals surface area contributed by atoms with E-state index in [1.54, 1.807) is 14.2 Å². The molecule has 232 valence electrons. The highest BCUT2D eigenvalue weighted by atomic mass is 16.6. The van der Waals surface area contributed by atoms with Gasteiger partial charge >= 0.3 is 11.9 Å². The molecule has 0 aliphatic carbocycles. The molecule has 42 heavy (non-hydrogen) atoms. The van der Waals surface area contributed by atoms with Crippen LogP contribution in [0.15, 0.2) is 42.5 Å². The van der Waals surface area contributed by atoms with E-state index < -0.39 is 36.7 Å². The molecule has 0 saturated carbocycles. The first-order valence-electron chi connectivity index (χ1n) is 14.5.